The molecule has 1 fully saturated rings. The molecule has 0 aromatic heterocycles. The molecule has 9 heteroatoms. The van der Waals surface area contributed by atoms with Gasteiger partial charge in [-0.05, 0) is 70.8 Å². The van der Waals surface area contributed by atoms with Crippen LogP contribution in [0.15, 0.2) is 76.5 Å². The van der Waals surface area contributed by atoms with Crippen LogP contribution in [-0.2, 0) is 21.0 Å². The molecular formula is C25H25FN2O4S2. The number of halogens is 1. The molecule has 0 bridgehead atoms. The number of carbonyl (C=O) groups excluding carboxylic acids is 1. The number of nitrogens with zero attached hydrogens (tertiary/aromatic N) is 2. The third-order valence-electron chi connectivity index (χ3n) is 5.91. The van der Waals surface area contributed by atoms with E-state index in [-0.39, 0.29) is 16.4 Å². The van der Waals surface area contributed by atoms with Crippen molar-refractivity contribution in [2.24, 2.45) is 0 Å². The average Bonchev–Trinajstić information content (AvgIpc) is 2.83. The molecule has 34 heavy (non-hydrogen) atoms. The highest BCUT2D eigenvalue weighted by molar-refractivity contribution is 7.91. The average molecular weight is 501 g/mol. The van der Waals surface area contributed by atoms with Crippen molar-refractivity contribution in [1.29, 1.82) is 0 Å². The topological polar surface area (TPSA) is 80.8 Å². The Bertz CT molecular complexity index is 1290. The summed E-state index contributed by atoms with van der Waals surface area (Å²) < 4.78 is 49.3. The zero-order valence-corrected chi connectivity index (χ0v) is 20.5. The number of piperazine rings is 1. The van der Waals surface area contributed by atoms with Gasteiger partial charge in [0.25, 0.3) is 5.91 Å². The Balaban J connectivity index is 1.58. The molecule has 6 nitrogen and oxygen atoms in total. The second-order valence-electron chi connectivity index (χ2n) is 8.21. The van der Waals surface area contributed by atoms with Crippen LogP contribution in [0, 0.1) is 5.82 Å². The van der Waals surface area contributed by atoms with Gasteiger partial charge in [-0.15, -0.1) is 0 Å². The van der Waals surface area contributed by atoms with Crippen LogP contribution in [-0.4, -0.2) is 62.5 Å². The van der Waals surface area contributed by atoms with Crippen molar-refractivity contribution in [3.63, 3.8) is 0 Å². The molecule has 1 aliphatic rings. The predicted octanol–water partition coefficient (Wildman–Crippen LogP) is 3.60. The van der Waals surface area contributed by atoms with Crippen LogP contribution in [0.5, 0.6) is 0 Å². The Morgan fingerprint density at radius 3 is 2.12 bits per heavy atom. The molecule has 0 N–H and O–H groups in total. The van der Waals surface area contributed by atoms with Gasteiger partial charge in [0.2, 0.25) is 0 Å². The molecule has 1 saturated heterocycles. The van der Waals surface area contributed by atoms with Crippen LogP contribution < -0.4 is 4.90 Å². The van der Waals surface area contributed by atoms with E-state index in [0.717, 1.165) is 16.8 Å². The van der Waals surface area contributed by atoms with Gasteiger partial charge in [-0.3, -0.25) is 4.79 Å². The minimum Gasteiger partial charge on any atom is -0.612 e. The van der Waals surface area contributed by atoms with Gasteiger partial charge in [0.1, 0.15) is 12.1 Å². The summed E-state index contributed by atoms with van der Waals surface area (Å²) >= 11 is -1.04. The monoisotopic (exact) mass is 500 g/mol. The van der Waals surface area contributed by atoms with Crippen LogP contribution in [0.4, 0.5) is 10.1 Å². The molecule has 3 aromatic rings. The maximum atomic E-state index is 13.5. The lowest BCUT2D eigenvalue weighted by atomic mass is 9.98. The van der Waals surface area contributed by atoms with Crippen molar-refractivity contribution >= 4 is 32.6 Å². The number of hydrogen-bond acceptors (Lipinski definition) is 5. The third kappa shape index (κ3) is 5.27. The quantitative estimate of drug-likeness (QED) is 0.500. The van der Waals surface area contributed by atoms with E-state index in [0.29, 0.717) is 37.3 Å². The lowest BCUT2D eigenvalue weighted by Crippen LogP contribution is -2.48. The first-order chi connectivity index (χ1) is 16.1. The minimum atomic E-state index is -3.51. The maximum Gasteiger partial charge on any atom is 0.254 e. The van der Waals surface area contributed by atoms with Crippen LogP contribution in [0.25, 0.3) is 11.1 Å². The van der Waals surface area contributed by atoms with E-state index in [1.165, 1.54) is 24.3 Å². The third-order valence-corrected chi connectivity index (χ3v) is 7.95. The van der Waals surface area contributed by atoms with E-state index in [4.69, 9.17) is 0 Å². The molecule has 0 aliphatic carbocycles. The standard InChI is InChI=1S/C25H25FN2O4S2/c1-33(30)21-9-7-20(8-10-21)27-13-15-28(16-14-27)25(29)24-17-22(34(2,31)32)11-12-23(24)18-3-5-19(26)6-4-18/h3-12,17H,13-16H2,1-2H3. The Labute approximate surface area is 202 Å². The molecule has 1 unspecified atom stereocenters. The molecule has 4 rings (SSSR count). The van der Waals surface area contributed by atoms with E-state index >= 15 is 0 Å². The number of hydrogen-bond donors (Lipinski definition) is 0. The predicted molar refractivity (Wildman–Crippen MR) is 132 cm³/mol. The molecule has 0 saturated carbocycles. The zero-order chi connectivity index (χ0) is 24.5. The summed E-state index contributed by atoms with van der Waals surface area (Å²) in [6.45, 7) is 2.15. The van der Waals surface area contributed by atoms with Crippen molar-refractivity contribution in [3.05, 3.63) is 78.1 Å². The van der Waals surface area contributed by atoms with Crippen LogP contribution >= 0.6 is 0 Å². The molecule has 1 aliphatic heterocycles. The van der Waals surface area contributed by atoms with Crippen LogP contribution in [0.1, 0.15) is 10.4 Å². The largest absolute Gasteiger partial charge is 0.612 e. The van der Waals surface area contributed by atoms with Crippen molar-refractivity contribution < 1.29 is 22.2 Å². The highest BCUT2D eigenvalue weighted by Gasteiger charge is 2.26. The molecule has 1 amide bonds. The van der Waals surface area contributed by atoms with E-state index in [9.17, 15) is 22.2 Å². The summed E-state index contributed by atoms with van der Waals surface area (Å²) in [5.74, 6) is -0.653. The zero-order valence-electron chi connectivity index (χ0n) is 18.9. The van der Waals surface area contributed by atoms with Gasteiger partial charge in [0, 0.05) is 43.7 Å². The van der Waals surface area contributed by atoms with Gasteiger partial charge in [-0.2, -0.15) is 0 Å². The van der Waals surface area contributed by atoms with E-state index < -0.39 is 26.8 Å². The first-order valence-electron chi connectivity index (χ1n) is 10.7. The number of sulfone groups is 1. The number of benzene rings is 3. The minimum absolute atomic E-state index is 0.0637. The van der Waals surface area contributed by atoms with Crippen LogP contribution in [0.2, 0.25) is 0 Å². The number of rotatable bonds is 5. The molecule has 0 spiro atoms. The second kappa shape index (κ2) is 9.77. The summed E-state index contributed by atoms with van der Waals surface area (Å²) in [5, 5.41) is 0. The first kappa shape index (κ1) is 24.3. The Morgan fingerprint density at radius 2 is 1.56 bits per heavy atom. The Hall–Kier alpha value is -2.88. The molecule has 0 radical (unpaired) electrons. The summed E-state index contributed by atoms with van der Waals surface area (Å²) in [6, 6.07) is 17.8. The molecule has 1 atom stereocenters. The Kier molecular flexibility index (Phi) is 6.97. The maximum absolute atomic E-state index is 13.5. The number of anilines is 1. The lowest BCUT2D eigenvalue weighted by Gasteiger charge is -2.36. The van der Waals surface area contributed by atoms with Crippen molar-refractivity contribution in [2.45, 2.75) is 9.79 Å². The van der Waals surface area contributed by atoms with Gasteiger partial charge >= 0.3 is 0 Å². The van der Waals surface area contributed by atoms with E-state index in [2.05, 4.69) is 4.90 Å². The number of amides is 1. The highest BCUT2D eigenvalue weighted by atomic mass is 32.2. The summed E-state index contributed by atoms with van der Waals surface area (Å²) in [5.41, 5.74) is 2.46. The molecule has 3 aromatic carbocycles. The SMILES string of the molecule is C[S+]([O-])c1ccc(N2CCN(C(=O)c3cc(S(C)(=O)=O)ccc3-c3ccc(F)cc3)CC2)cc1. The summed E-state index contributed by atoms with van der Waals surface area (Å²) in [6.07, 6.45) is 2.74. The van der Waals surface area contributed by atoms with Gasteiger partial charge in [-0.1, -0.05) is 18.2 Å². The van der Waals surface area contributed by atoms with E-state index in [1.807, 2.05) is 24.3 Å². The fourth-order valence-corrected chi connectivity index (χ4v) is 5.17. The van der Waals surface area contributed by atoms with Crippen LogP contribution in [0.3, 0.4) is 0 Å². The van der Waals surface area contributed by atoms with Gasteiger partial charge < -0.3 is 14.4 Å². The molecular weight excluding hydrogens is 475 g/mol. The lowest BCUT2D eigenvalue weighted by molar-refractivity contribution is 0.0747. The second-order valence-corrected chi connectivity index (χ2v) is 11.6. The van der Waals surface area contributed by atoms with Gasteiger partial charge in [0.15, 0.2) is 14.7 Å². The fourth-order valence-electron chi connectivity index (χ4n) is 4.00. The molecule has 178 valence electrons. The van der Waals surface area contributed by atoms with E-state index in [1.54, 1.807) is 29.4 Å². The summed E-state index contributed by atoms with van der Waals surface area (Å²) in [4.78, 5) is 18.2. The number of carbonyl (C=O) groups is 1. The van der Waals surface area contributed by atoms with Gasteiger partial charge in [-0.25, -0.2) is 12.8 Å². The molecule has 1 heterocycles. The fraction of sp³-hybridized carbons (Fsp3) is 0.240. The summed E-state index contributed by atoms with van der Waals surface area (Å²) in [7, 11) is -3.51. The normalized spacial score (nSPS) is 15.3. The smallest absolute Gasteiger partial charge is 0.254 e. The highest BCUT2D eigenvalue weighted by Crippen LogP contribution is 2.29. The van der Waals surface area contributed by atoms with Crippen molar-refractivity contribution in [2.75, 3.05) is 43.6 Å². The van der Waals surface area contributed by atoms with Crippen molar-refractivity contribution in [1.82, 2.24) is 4.90 Å². The van der Waals surface area contributed by atoms with Gasteiger partial charge in [0.05, 0.1) is 4.90 Å². The Morgan fingerprint density at radius 1 is 0.941 bits per heavy atom. The first-order valence-corrected chi connectivity index (χ1v) is 14.2. The van der Waals surface area contributed by atoms with Crippen molar-refractivity contribution in [3.8, 4) is 11.1 Å².